The van der Waals surface area contributed by atoms with Crippen LogP contribution in [0.5, 0.6) is 0 Å². The van der Waals surface area contributed by atoms with E-state index in [4.69, 9.17) is 0 Å². The highest BCUT2D eigenvalue weighted by molar-refractivity contribution is 5.97. The predicted octanol–water partition coefficient (Wildman–Crippen LogP) is 1.50. The Hall–Kier alpha value is -2.70. The number of carbonyl (C=O) groups excluding carboxylic acids is 1. The Morgan fingerprint density at radius 1 is 1.41 bits per heavy atom. The number of hydrogen-bond donors (Lipinski definition) is 2. The molecule has 0 spiro atoms. The van der Waals surface area contributed by atoms with Gasteiger partial charge in [-0.05, 0) is 24.1 Å². The van der Waals surface area contributed by atoms with Crippen LogP contribution in [0.1, 0.15) is 30.6 Å². The second kappa shape index (κ2) is 6.84. The van der Waals surface area contributed by atoms with E-state index in [0.717, 1.165) is 0 Å². The molecule has 1 aromatic carbocycles. The number of aromatic nitrogens is 3. The van der Waals surface area contributed by atoms with Gasteiger partial charge in [0.25, 0.3) is 5.91 Å². The molecule has 0 radical (unpaired) electrons. The van der Waals surface area contributed by atoms with Crippen molar-refractivity contribution in [3.63, 3.8) is 0 Å². The monoisotopic (exact) mass is 302 g/mol. The molecule has 116 valence electrons. The average Bonchev–Trinajstić information content (AvgIpc) is 3.06. The third-order valence-corrected chi connectivity index (χ3v) is 3.56. The summed E-state index contributed by atoms with van der Waals surface area (Å²) in [6.07, 6.45) is 3.59. The van der Waals surface area contributed by atoms with Crippen molar-refractivity contribution in [3.05, 3.63) is 42.5 Å². The molecular formula is C15H18N4O3. The van der Waals surface area contributed by atoms with Crippen molar-refractivity contribution in [1.82, 2.24) is 20.1 Å². The van der Waals surface area contributed by atoms with Gasteiger partial charge in [0.1, 0.15) is 18.7 Å². The number of rotatable bonds is 6. The maximum absolute atomic E-state index is 12.3. The van der Waals surface area contributed by atoms with Crippen molar-refractivity contribution in [2.75, 3.05) is 0 Å². The van der Waals surface area contributed by atoms with Crippen molar-refractivity contribution in [3.8, 4) is 5.69 Å². The van der Waals surface area contributed by atoms with E-state index in [-0.39, 0.29) is 5.92 Å². The van der Waals surface area contributed by atoms with Gasteiger partial charge in [0, 0.05) is 5.56 Å². The zero-order valence-electron chi connectivity index (χ0n) is 12.4. The maximum Gasteiger partial charge on any atom is 0.326 e. The maximum atomic E-state index is 12.3. The Bertz CT molecular complexity index is 655. The molecule has 1 aromatic heterocycles. The molecule has 2 aromatic rings. The van der Waals surface area contributed by atoms with Gasteiger partial charge in [-0.25, -0.2) is 14.5 Å². The second-order valence-corrected chi connectivity index (χ2v) is 5.07. The van der Waals surface area contributed by atoms with Gasteiger partial charge in [-0.15, -0.1) is 0 Å². The Morgan fingerprint density at radius 2 is 2.18 bits per heavy atom. The fourth-order valence-corrected chi connectivity index (χ4v) is 2.04. The molecule has 2 rings (SSSR count). The molecule has 7 nitrogen and oxygen atoms in total. The van der Waals surface area contributed by atoms with Crippen LogP contribution in [0.3, 0.4) is 0 Å². The van der Waals surface area contributed by atoms with E-state index in [1.54, 1.807) is 31.2 Å². The molecule has 1 heterocycles. The summed E-state index contributed by atoms with van der Waals surface area (Å²) in [7, 11) is 0. The lowest BCUT2D eigenvalue weighted by molar-refractivity contribution is -0.140. The van der Waals surface area contributed by atoms with Gasteiger partial charge in [-0.2, -0.15) is 5.10 Å². The van der Waals surface area contributed by atoms with Crippen LogP contribution < -0.4 is 5.32 Å². The van der Waals surface area contributed by atoms with Crippen molar-refractivity contribution >= 4 is 11.9 Å². The standard InChI is InChI=1S/C15H18N4O3/c1-3-10(2)13(15(21)22)18-14(20)11-5-4-6-12(7-11)19-9-16-8-17-19/h4-10,13H,3H2,1-2H3,(H,18,20)(H,21,22)/t10-,13-/m0/s1. The highest BCUT2D eigenvalue weighted by Gasteiger charge is 2.25. The van der Waals surface area contributed by atoms with Crippen LogP contribution in [0.15, 0.2) is 36.9 Å². The average molecular weight is 302 g/mol. The smallest absolute Gasteiger partial charge is 0.326 e. The van der Waals surface area contributed by atoms with Crippen LogP contribution in [-0.2, 0) is 4.79 Å². The summed E-state index contributed by atoms with van der Waals surface area (Å²) in [5, 5.41) is 15.8. The van der Waals surface area contributed by atoms with Crippen LogP contribution in [-0.4, -0.2) is 37.8 Å². The molecule has 0 aliphatic carbocycles. The van der Waals surface area contributed by atoms with Gasteiger partial charge in [0.2, 0.25) is 0 Å². The molecule has 2 atom stereocenters. The summed E-state index contributed by atoms with van der Waals surface area (Å²) in [5.74, 6) is -1.61. The van der Waals surface area contributed by atoms with Crippen LogP contribution in [0.2, 0.25) is 0 Å². The van der Waals surface area contributed by atoms with Crippen LogP contribution in [0.25, 0.3) is 5.69 Å². The summed E-state index contributed by atoms with van der Waals surface area (Å²) in [5.41, 5.74) is 1.06. The van der Waals surface area contributed by atoms with Gasteiger partial charge in [-0.3, -0.25) is 4.79 Å². The van der Waals surface area contributed by atoms with E-state index in [9.17, 15) is 14.7 Å². The fraction of sp³-hybridized carbons (Fsp3) is 0.333. The third-order valence-electron chi connectivity index (χ3n) is 3.56. The number of amides is 1. The van der Waals surface area contributed by atoms with Crippen LogP contribution >= 0.6 is 0 Å². The zero-order chi connectivity index (χ0) is 16.1. The van der Waals surface area contributed by atoms with Gasteiger partial charge < -0.3 is 10.4 Å². The number of carboxylic acids is 1. The highest BCUT2D eigenvalue weighted by Crippen LogP contribution is 2.12. The fourth-order valence-electron chi connectivity index (χ4n) is 2.04. The van der Waals surface area contributed by atoms with Gasteiger partial charge in [0.15, 0.2) is 0 Å². The minimum absolute atomic E-state index is 0.153. The van der Waals surface area contributed by atoms with E-state index in [0.29, 0.717) is 17.7 Å². The first-order valence-electron chi connectivity index (χ1n) is 7.01. The molecule has 0 bridgehead atoms. The van der Waals surface area contributed by atoms with E-state index >= 15 is 0 Å². The Kier molecular flexibility index (Phi) is 4.88. The molecule has 0 unspecified atom stereocenters. The summed E-state index contributed by atoms with van der Waals surface area (Å²) < 4.78 is 1.53. The minimum atomic E-state index is -1.03. The molecular weight excluding hydrogens is 284 g/mol. The predicted molar refractivity (Wildman–Crippen MR) is 79.7 cm³/mol. The normalized spacial score (nSPS) is 13.4. The van der Waals surface area contributed by atoms with Crippen molar-refractivity contribution in [1.29, 1.82) is 0 Å². The first-order chi connectivity index (χ1) is 10.5. The lowest BCUT2D eigenvalue weighted by Gasteiger charge is -2.20. The van der Waals surface area contributed by atoms with E-state index < -0.39 is 17.9 Å². The highest BCUT2D eigenvalue weighted by atomic mass is 16.4. The topological polar surface area (TPSA) is 97.1 Å². The molecule has 0 saturated carbocycles. The lowest BCUT2D eigenvalue weighted by atomic mass is 9.99. The third kappa shape index (κ3) is 3.49. The number of benzene rings is 1. The summed E-state index contributed by atoms with van der Waals surface area (Å²) in [6.45, 7) is 3.68. The SMILES string of the molecule is CC[C@H](C)[C@H](NC(=O)c1cccc(-n2cncn2)c1)C(=O)O. The Labute approximate surface area is 128 Å². The van der Waals surface area contributed by atoms with Crippen LogP contribution in [0.4, 0.5) is 0 Å². The Balaban J connectivity index is 2.19. The number of nitrogens with one attached hydrogen (secondary N) is 1. The van der Waals surface area contributed by atoms with E-state index in [1.807, 2.05) is 6.92 Å². The molecule has 0 aliphatic heterocycles. The van der Waals surface area contributed by atoms with Crippen molar-refractivity contribution < 1.29 is 14.7 Å². The number of aliphatic carboxylic acids is 1. The number of carboxylic acid groups (broad SMARTS) is 1. The molecule has 22 heavy (non-hydrogen) atoms. The quantitative estimate of drug-likeness (QED) is 0.842. The Morgan fingerprint density at radius 3 is 2.77 bits per heavy atom. The summed E-state index contributed by atoms with van der Waals surface area (Å²) in [6, 6.07) is 5.86. The molecule has 2 N–H and O–H groups in total. The molecule has 1 amide bonds. The molecule has 0 aliphatic rings. The lowest BCUT2D eigenvalue weighted by Crippen LogP contribution is -2.45. The number of nitrogens with zero attached hydrogens (tertiary/aromatic N) is 3. The first-order valence-corrected chi connectivity index (χ1v) is 7.01. The minimum Gasteiger partial charge on any atom is -0.480 e. The van der Waals surface area contributed by atoms with Gasteiger partial charge in [-0.1, -0.05) is 26.3 Å². The number of carbonyl (C=O) groups is 2. The van der Waals surface area contributed by atoms with Gasteiger partial charge >= 0.3 is 5.97 Å². The summed E-state index contributed by atoms with van der Waals surface area (Å²) >= 11 is 0. The molecule has 0 saturated heterocycles. The van der Waals surface area contributed by atoms with Crippen molar-refractivity contribution in [2.24, 2.45) is 5.92 Å². The van der Waals surface area contributed by atoms with Crippen LogP contribution in [0, 0.1) is 5.92 Å². The summed E-state index contributed by atoms with van der Waals surface area (Å²) in [4.78, 5) is 27.4. The largest absolute Gasteiger partial charge is 0.480 e. The van der Waals surface area contributed by atoms with E-state index in [1.165, 1.54) is 17.3 Å². The number of hydrogen-bond acceptors (Lipinski definition) is 4. The first kappa shape index (κ1) is 15.7. The second-order valence-electron chi connectivity index (χ2n) is 5.07. The van der Waals surface area contributed by atoms with Crippen molar-refractivity contribution in [2.45, 2.75) is 26.3 Å². The van der Waals surface area contributed by atoms with E-state index in [2.05, 4.69) is 15.4 Å². The molecule has 7 heteroatoms. The molecule has 0 fully saturated rings. The zero-order valence-corrected chi connectivity index (χ0v) is 12.4. The van der Waals surface area contributed by atoms with Gasteiger partial charge in [0.05, 0.1) is 5.69 Å².